The fourth-order valence-corrected chi connectivity index (χ4v) is 2.35. The molecule has 0 radical (unpaired) electrons. The highest BCUT2D eigenvalue weighted by Gasteiger charge is 2.29. The lowest BCUT2D eigenvalue weighted by molar-refractivity contribution is 0.0347. The number of nitrogens with zero attached hydrogens (tertiary/aromatic N) is 1. The Morgan fingerprint density at radius 3 is 2.44 bits per heavy atom. The molecule has 0 aliphatic carbocycles. The molecule has 0 spiro atoms. The van der Waals surface area contributed by atoms with E-state index in [1.165, 1.54) is 32.4 Å². The Morgan fingerprint density at radius 1 is 1.25 bits per heavy atom. The molecule has 2 heteroatoms. The second kappa shape index (κ2) is 5.05. The van der Waals surface area contributed by atoms with E-state index < -0.39 is 0 Å². The first kappa shape index (κ1) is 14.0. The van der Waals surface area contributed by atoms with Crippen molar-refractivity contribution < 1.29 is 5.11 Å². The minimum absolute atomic E-state index is 0.00842. The van der Waals surface area contributed by atoms with E-state index in [-0.39, 0.29) is 11.5 Å². The minimum Gasteiger partial charge on any atom is -0.393 e. The van der Waals surface area contributed by atoms with E-state index in [0.717, 1.165) is 6.54 Å². The van der Waals surface area contributed by atoms with Crippen LogP contribution in [0.25, 0.3) is 0 Å². The standard InChI is InChI=1S/C14H29NO/c1-12(16)14(4,5)11-15-9-6-7-13(2,3)8-10-15/h12,16H,6-11H2,1-5H3. The maximum absolute atomic E-state index is 9.76. The van der Waals surface area contributed by atoms with E-state index in [2.05, 4.69) is 32.6 Å². The van der Waals surface area contributed by atoms with Gasteiger partial charge in [-0.2, -0.15) is 0 Å². The van der Waals surface area contributed by atoms with Crippen LogP contribution in [0.5, 0.6) is 0 Å². The lowest BCUT2D eigenvalue weighted by atomic mass is 9.85. The van der Waals surface area contributed by atoms with Crippen LogP contribution in [-0.4, -0.2) is 35.7 Å². The Hall–Kier alpha value is -0.0800. The van der Waals surface area contributed by atoms with Gasteiger partial charge in [0.05, 0.1) is 6.10 Å². The fraction of sp³-hybridized carbons (Fsp3) is 1.00. The minimum atomic E-state index is -0.233. The van der Waals surface area contributed by atoms with Crippen molar-refractivity contribution >= 4 is 0 Å². The van der Waals surface area contributed by atoms with Crippen LogP contribution in [0, 0.1) is 10.8 Å². The van der Waals surface area contributed by atoms with E-state index in [4.69, 9.17) is 0 Å². The Kier molecular flexibility index (Phi) is 4.42. The Bertz CT molecular complexity index is 221. The molecule has 1 rings (SSSR count). The van der Waals surface area contributed by atoms with Crippen LogP contribution < -0.4 is 0 Å². The van der Waals surface area contributed by atoms with E-state index in [1.54, 1.807) is 0 Å². The molecule has 1 aliphatic rings. The molecule has 1 N–H and O–H groups in total. The zero-order valence-electron chi connectivity index (χ0n) is 11.7. The highest BCUT2D eigenvalue weighted by Crippen LogP contribution is 2.31. The van der Waals surface area contributed by atoms with Gasteiger partial charge < -0.3 is 10.0 Å². The zero-order chi connectivity index (χ0) is 12.4. The predicted octanol–water partition coefficient (Wildman–Crippen LogP) is 2.91. The first-order chi connectivity index (χ1) is 7.23. The third-order valence-electron chi connectivity index (χ3n) is 4.19. The van der Waals surface area contributed by atoms with E-state index in [9.17, 15) is 5.11 Å². The van der Waals surface area contributed by atoms with Gasteiger partial charge in [0.1, 0.15) is 0 Å². The van der Waals surface area contributed by atoms with Gasteiger partial charge in [-0.1, -0.05) is 27.7 Å². The van der Waals surface area contributed by atoms with E-state index in [0.29, 0.717) is 5.41 Å². The molecule has 1 saturated heterocycles. The van der Waals surface area contributed by atoms with E-state index >= 15 is 0 Å². The summed E-state index contributed by atoms with van der Waals surface area (Å²) in [6.45, 7) is 14.4. The summed E-state index contributed by atoms with van der Waals surface area (Å²) in [5.74, 6) is 0. The summed E-state index contributed by atoms with van der Waals surface area (Å²) in [6, 6.07) is 0. The van der Waals surface area contributed by atoms with Crippen LogP contribution in [-0.2, 0) is 0 Å². The molecular formula is C14H29NO. The zero-order valence-corrected chi connectivity index (χ0v) is 11.7. The van der Waals surface area contributed by atoms with Crippen LogP contribution in [0.1, 0.15) is 53.9 Å². The monoisotopic (exact) mass is 227 g/mol. The van der Waals surface area contributed by atoms with Gasteiger partial charge in [-0.15, -0.1) is 0 Å². The molecule has 1 aliphatic heterocycles. The smallest absolute Gasteiger partial charge is 0.0575 e. The highest BCUT2D eigenvalue weighted by molar-refractivity contribution is 4.82. The Labute approximate surface area is 101 Å². The van der Waals surface area contributed by atoms with Crippen molar-refractivity contribution in [2.24, 2.45) is 10.8 Å². The maximum Gasteiger partial charge on any atom is 0.0575 e. The number of likely N-dealkylation sites (tertiary alicyclic amines) is 1. The molecule has 0 bridgehead atoms. The molecule has 0 saturated carbocycles. The molecule has 1 atom stereocenters. The number of aliphatic hydroxyl groups excluding tert-OH is 1. The summed E-state index contributed by atoms with van der Waals surface area (Å²) >= 11 is 0. The summed E-state index contributed by atoms with van der Waals surface area (Å²) in [7, 11) is 0. The normalized spacial score (nSPS) is 25.1. The van der Waals surface area contributed by atoms with Crippen LogP contribution in [0.3, 0.4) is 0 Å². The van der Waals surface area contributed by atoms with Crippen molar-refractivity contribution in [3.8, 4) is 0 Å². The molecule has 0 amide bonds. The first-order valence-electron chi connectivity index (χ1n) is 6.63. The lowest BCUT2D eigenvalue weighted by Crippen LogP contribution is -2.41. The average Bonchev–Trinajstić information content (AvgIpc) is 2.27. The number of rotatable bonds is 3. The third kappa shape index (κ3) is 4.06. The number of hydrogen-bond acceptors (Lipinski definition) is 2. The number of aliphatic hydroxyl groups is 1. The van der Waals surface area contributed by atoms with Gasteiger partial charge in [-0.3, -0.25) is 0 Å². The second-order valence-corrected chi connectivity index (χ2v) is 6.96. The Morgan fingerprint density at radius 2 is 1.88 bits per heavy atom. The summed E-state index contributed by atoms with van der Waals surface area (Å²) < 4.78 is 0. The predicted molar refractivity (Wildman–Crippen MR) is 69.5 cm³/mol. The molecule has 0 aromatic carbocycles. The maximum atomic E-state index is 9.76. The summed E-state index contributed by atoms with van der Waals surface area (Å²) in [5.41, 5.74) is 0.512. The first-order valence-corrected chi connectivity index (χ1v) is 6.63. The summed E-state index contributed by atoms with van der Waals surface area (Å²) in [4.78, 5) is 2.53. The van der Waals surface area contributed by atoms with Crippen molar-refractivity contribution in [2.45, 2.75) is 60.0 Å². The van der Waals surface area contributed by atoms with Gasteiger partial charge in [0.15, 0.2) is 0 Å². The molecule has 0 aromatic heterocycles. The fourth-order valence-electron chi connectivity index (χ4n) is 2.35. The third-order valence-corrected chi connectivity index (χ3v) is 4.19. The van der Waals surface area contributed by atoms with Gasteiger partial charge in [-0.25, -0.2) is 0 Å². The van der Waals surface area contributed by atoms with Crippen LogP contribution in [0.4, 0.5) is 0 Å². The van der Waals surface area contributed by atoms with Crippen LogP contribution in [0.2, 0.25) is 0 Å². The second-order valence-electron chi connectivity index (χ2n) is 6.96. The van der Waals surface area contributed by atoms with Gasteiger partial charge in [0, 0.05) is 12.0 Å². The lowest BCUT2D eigenvalue weighted by Gasteiger charge is -2.34. The van der Waals surface area contributed by atoms with Crippen molar-refractivity contribution in [2.75, 3.05) is 19.6 Å². The molecule has 2 nitrogen and oxygen atoms in total. The number of hydrogen-bond donors (Lipinski definition) is 1. The topological polar surface area (TPSA) is 23.5 Å². The molecule has 96 valence electrons. The van der Waals surface area contributed by atoms with Crippen molar-refractivity contribution in [3.05, 3.63) is 0 Å². The van der Waals surface area contributed by atoms with Crippen molar-refractivity contribution in [1.82, 2.24) is 4.90 Å². The molecule has 1 fully saturated rings. The SMILES string of the molecule is CC(O)C(C)(C)CN1CCCC(C)(C)CC1. The van der Waals surface area contributed by atoms with Crippen molar-refractivity contribution in [3.63, 3.8) is 0 Å². The summed E-state index contributed by atoms with van der Waals surface area (Å²) in [6.07, 6.45) is 3.67. The molecule has 0 aromatic rings. The molecular weight excluding hydrogens is 198 g/mol. The molecule has 16 heavy (non-hydrogen) atoms. The molecule has 1 heterocycles. The van der Waals surface area contributed by atoms with Crippen molar-refractivity contribution in [1.29, 1.82) is 0 Å². The van der Waals surface area contributed by atoms with Gasteiger partial charge in [0.25, 0.3) is 0 Å². The Balaban J connectivity index is 2.50. The summed E-state index contributed by atoms with van der Waals surface area (Å²) in [5, 5.41) is 9.76. The van der Waals surface area contributed by atoms with Gasteiger partial charge >= 0.3 is 0 Å². The van der Waals surface area contributed by atoms with Crippen LogP contribution >= 0.6 is 0 Å². The highest BCUT2D eigenvalue weighted by atomic mass is 16.3. The van der Waals surface area contributed by atoms with E-state index in [1.807, 2.05) is 6.92 Å². The van der Waals surface area contributed by atoms with Gasteiger partial charge in [0.2, 0.25) is 0 Å². The molecule has 1 unspecified atom stereocenters. The average molecular weight is 227 g/mol. The quantitative estimate of drug-likeness (QED) is 0.801. The van der Waals surface area contributed by atoms with Gasteiger partial charge in [-0.05, 0) is 44.7 Å². The van der Waals surface area contributed by atoms with Crippen LogP contribution in [0.15, 0.2) is 0 Å². The largest absolute Gasteiger partial charge is 0.393 e.